The number of fused-ring (bicyclic) bond motifs is 1. The molecular weight excluding hydrogens is 288 g/mol. The summed E-state index contributed by atoms with van der Waals surface area (Å²) in [6.07, 6.45) is 1.74. The lowest BCUT2D eigenvalue weighted by Gasteiger charge is -2.29. The normalized spacial score (nSPS) is 15.9. The first-order valence-corrected chi connectivity index (χ1v) is 7.23. The highest BCUT2D eigenvalue weighted by molar-refractivity contribution is 6.32. The van der Waals surface area contributed by atoms with Crippen LogP contribution in [0.4, 0.5) is 11.4 Å². The molecule has 0 aliphatic carbocycles. The molecule has 2 aromatic carbocycles. The predicted molar refractivity (Wildman–Crippen MR) is 82.4 cm³/mol. The fourth-order valence-corrected chi connectivity index (χ4v) is 3.25. The van der Waals surface area contributed by atoms with Gasteiger partial charge in [-0.25, -0.2) is 0 Å². The second-order valence-electron chi connectivity index (χ2n) is 5.29. The molecule has 2 N–H and O–H groups in total. The molecule has 0 aromatic heterocycles. The van der Waals surface area contributed by atoms with Crippen molar-refractivity contribution in [2.45, 2.75) is 12.8 Å². The molecular formula is C16H13ClN2O2. The van der Waals surface area contributed by atoms with E-state index in [-0.39, 0.29) is 5.91 Å². The summed E-state index contributed by atoms with van der Waals surface area (Å²) in [5.74, 6) is 1.12. The van der Waals surface area contributed by atoms with Crippen LogP contribution < -0.4 is 15.4 Å². The van der Waals surface area contributed by atoms with E-state index in [1.165, 1.54) is 0 Å². The Morgan fingerprint density at radius 1 is 1.19 bits per heavy atom. The number of rotatable bonds is 0. The number of nitrogens with zero attached hydrogens (tertiary/aromatic N) is 1. The van der Waals surface area contributed by atoms with Crippen LogP contribution >= 0.6 is 11.6 Å². The van der Waals surface area contributed by atoms with Crippen molar-refractivity contribution in [1.82, 2.24) is 0 Å². The molecule has 2 aliphatic heterocycles. The summed E-state index contributed by atoms with van der Waals surface area (Å²) >= 11 is 6.28. The number of anilines is 2. The zero-order chi connectivity index (χ0) is 14.6. The minimum absolute atomic E-state index is 0.0840. The number of carbonyl (C=O) groups is 1. The van der Waals surface area contributed by atoms with E-state index >= 15 is 0 Å². The van der Waals surface area contributed by atoms with E-state index in [1.54, 1.807) is 23.1 Å². The third-order valence-corrected chi connectivity index (χ3v) is 4.32. The lowest BCUT2D eigenvalue weighted by Crippen LogP contribution is -2.35. The van der Waals surface area contributed by atoms with E-state index in [9.17, 15) is 4.79 Å². The Hall–Kier alpha value is -2.20. The number of hydrogen-bond acceptors (Lipinski definition) is 3. The first-order valence-electron chi connectivity index (χ1n) is 6.86. The van der Waals surface area contributed by atoms with Crippen molar-refractivity contribution in [3.8, 4) is 11.5 Å². The minimum atomic E-state index is -0.0840. The molecule has 2 aliphatic rings. The fraction of sp³-hybridized carbons (Fsp3) is 0.188. The van der Waals surface area contributed by atoms with Crippen LogP contribution in [-0.2, 0) is 6.42 Å². The maximum atomic E-state index is 12.8. The van der Waals surface area contributed by atoms with Gasteiger partial charge in [-0.2, -0.15) is 0 Å². The highest BCUT2D eigenvalue weighted by atomic mass is 35.5. The second kappa shape index (κ2) is 4.40. The van der Waals surface area contributed by atoms with Crippen LogP contribution in [0.15, 0.2) is 30.3 Å². The van der Waals surface area contributed by atoms with Crippen molar-refractivity contribution in [2.75, 3.05) is 17.2 Å². The topological polar surface area (TPSA) is 55.6 Å². The minimum Gasteiger partial charge on any atom is -0.454 e. The molecule has 0 radical (unpaired) electrons. The summed E-state index contributed by atoms with van der Waals surface area (Å²) in [7, 11) is 0. The molecule has 21 heavy (non-hydrogen) atoms. The Morgan fingerprint density at radius 2 is 2.00 bits per heavy atom. The van der Waals surface area contributed by atoms with Gasteiger partial charge in [0.15, 0.2) is 5.75 Å². The molecule has 0 fully saturated rings. The Morgan fingerprint density at radius 3 is 2.86 bits per heavy atom. The van der Waals surface area contributed by atoms with Gasteiger partial charge >= 0.3 is 0 Å². The number of nitrogens with two attached hydrogens (primary N) is 1. The zero-order valence-electron chi connectivity index (χ0n) is 11.2. The highest BCUT2D eigenvalue weighted by Gasteiger charge is 2.33. The molecule has 0 unspecified atom stereocenters. The Bertz CT molecular complexity index is 773. The first kappa shape index (κ1) is 12.5. The third-order valence-electron chi connectivity index (χ3n) is 3.97. The maximum Gasteiger partial charge on any atom is 0.262 e. The Labute approximate surface area is 127 Å². The van der Waals surface area contributed by atoms with E-state index in [2.05, 4.69) is 0 Å². The summed E-state index contributed by atoms with van der Waals surface area (Å²) < 4.78 is 5.95. The van der Waals surface area contributed by atoms with E-state index in [0.29, 0.717) is 34.3 Å². The highest BCUT2D eigenvalue weighted by Crippen LogP contribution is 2.45. The van der Waals surface area contributed by atoms with E-state index < -0.39 is 0 Å². The van der Waals surface area contributed by atoms with Gasteiger partial charge in [-0.15, -0.1) is 0 Å². The Balaban J connectivity index is 1.99. The number of carbonyl (C=O) groups excluding carboxylic acids is 1. The van der Waals surface area contributed by atoms with Crippen LogP contribution in [0.25, 0.3) is 0 Å². The lowest BCUT2D eigenvalue weighted by molar-refractivity contribution is 0.0985. The lowest BCUT2D eigenvalue weighted by atomic mass is 10.0. The van der Waals surface area contributed by atoms with Crippen LogP contribution in [0.5, 0.6) is 11.5 Å². The van der Waals surface area contributed by atoms with Crippen molar-refractivity contribution < 1.29 is 9.53 Å². The van der Waals surface area contributed by atoms with Gasteiger partial charge in [0.25, 0.3) is 5.91 Å². The number of nitrogen functional groups attached to an aromatic ring is 1. The SMILES string of the molecule is Nc1ccc2c(c1)C(=O)N1CCCc3c(Cl)ccc(c31)O2. The fourth-order valence-electron chi connectivity index (χ4n) is 3.00. The quantitative estimate of drug-likeness (QED) is 0.756. The summed E-state index contributed by atoms with van der Waals surface area (Å²) in [5, 5.41) is 0.681. The van der Waals surface area contributed by atoms with Gasteiger partial charge in [0.05, 0.1) is 11.3 Å². The Kier molecular flexibility index (Phi) is 2.62. The first-order chi connectivity index (χ1) is 10.1. The van der Waals surface area contributed by atoms with Crippen LogP contribution in [0, 0.1) is 0 Å². The van der Waals surface area contributed by atoms with Gasteiger partial charge < -0.3 is 15.4 Å². The molecule has 0 saturated heterocycles. The van der Waals surface area contributed by atoms with Crippen LogP contribution in [0.3, 0.4) is 0 Å². The number of hydrogen-bond donors (Lipinski definition) is 1. The molecule has 0 atom stereocenters. The molecule has 2 heterocycles. The van der Waals surface area contributed by atoms with Gasteiger partial charge in [0, 0.05) is 17.3 Å². The average molecular weight is 301 g/mol. The van der Waals surface area contributed by atoms with Crippen molar-refractivity contribution >= 4 is 28.9 Å². The van der Waals surface area contributed by atoms with E-state index in [4.69, 9.17) is 22.1 Å². The van der Waals surface area contributed by atoms with Crippen LogP contribution in [0.1, 0.15) is 22.3 Å². The van der Waals surface area contributed by atoms with Crippen molar-refractivity contribution in [3.63, 3.8) is 0 Å². The monoisotopic (exact) mass is 300 g/mol. The van der Waals surface area contributed by atoms with Gasteiger partial charge in [0.2, 0.25) is 0 Å². The molecule has 4 rings (SSSR count). The molecule has 106 valence electrons. The van der Waals surface area contributed by atoms with Crippen LogP contribution in [0.2, 0.25) is 5.02 Å². The van der Waals surface area contributed by atoms with Crippen molar-refractivity contribution in [3.05, 3.63) is 46.5 Å². The molecule has 0 bridgehead atoms. The van der Waals surface area contributed by atoms with Crippen molar-refractivity contribution in [1.29, 1.82) is 0 Å². The van der Waals surface area contributed by atoms with Crippen LogP contribution in [-0.4, -0.2) is 12.5 Å². The third kappa shape index (κ3) is 1.79. The molecule has 4 nitrogen and oxygen atoms in total. The molecule has 2 aromatic rings. The molecule has 5 heteroatoms. The zero-order valence-corrected chi connectivity index (χ0v) is 12.0. The number of amides is 1. The molecule has 1 amide bonds. The summed E-state index contributed by atoms with van der Waals surface area (Å²) in [6.45, 7) is 0.663. The largest absolute Gasteiger partial charge is 0.454 e. The summed E-state index contributed by atoms with van der Waals surface area (Å²) in [6, 6.07) is 8.78. The number of ether oxygens (including phenoxy) is 1. The smallest absolute Gasteiger partial charge is 0.262 e. The van der Waals surface area contributed by atoms with Gasteiger partial charge in [0.1, 0.15) is 5.75 Å². The summed E-state index contributed by atoms with van der Waals surface area (Å²) in [5.41, 5.74) is 8.63. The number of benzene rings is 2. The van der Waals surface area contributed by atoms with E-state index in [0.717, 1.165) is 24.1 Å². The maximum absolute atomic E-state index is 12.8. The second-order valence-corrected chi connectivity index (χ2v) is 5.70. The molecule has 0 saturated carbocycles. The number of halogens is 1. The predicted octanol–water partition coefficient (Wildman–Crippen LogP) is 3.62. The van der Waals surface area contributed by atoms with Gasteiger partial charge in [-0.1, -0.05) is 11.6 Å². The van der Waals surface area contributed by atoms with E-state index in [1.807, 2.05) is 12.1 Å². The molecule has 0 spiro atoms. The average Bonchev–Trinajstić information content (AvgIpc) is 2.61. The van der Waals surface area contributed by atoms with Gasteiger partial charge in [-0.05, 0) is 48.7 Å². The standard InChI is InChI=1S/C16H13ClN2O2/c17-12-4-6-14-15-10(12)2-1-7-19(15)16(20)11-8-9(18)3-5-13(11)21-14/h3-6,8H,1-2,7,18H2. The van der Waals surface area contributed by atoms with Crippen molar-refractivity contribution in [2.24, 2.45) is 0 Å². The van der Waals surface area contributed by atoms with Gasteiger partial charge in [-0.3, -0.25) is 4.79 Å². The summed E-state index contributed by atoms with van der Waals surface area (Å²) in [4.78, 5) is 14.6.